The molecular formula is C29H26N4O3S. The molecule has 3 aromatic carbocycles. The van der Waals surface area contributed by atoms with Gasteiger partial charge in [0.15, 0.2) is 0 Å². The first-order chi connectivity index (χ1) is 18.0. The molecule has 37 heavy (non-hydrogen) atoms. The number of hydrogen-bond donors (Lipinski definition) is 3. The van der Waals surface area contributed by atoms with Crippen LogP contribution in [0.4, 0.5) is 11.4 Å². The number of amides is 2. The van der Waals surface area contributed by atoms with Crippen molar-refractivity contribution in [2.75, 3.05) is 23.5 Å². The molecule has 186 valence electrons. The SMILES string of the molecule is COc1ccc(NC(=O)C2=C(C)NC(SCC(=O)Nc3ccccc3)=C(C#N)C2c2ccccc2)cc1. The van der Waals surface area contributed by atoms with Gasteiger partial charge in [0.25, 0.3) is 5.91 Å². The second kappa shape index (κ2) is 12.0. The lowest BCUT2D eigenvalue weighted by Gasteiger charge is -2.30. The smallest absolute Gasteiger partial charge is 0.254 e. The summed E-state index contributed by atoms with van der Waals surface area (Å²) in [7, 11) is 1.58. The van der Waals surface area contributed by atoms with Crippen LogP contribution in [0.25, 0.3) is 0 Å². The molecule has 0 radical (unpaired) electrons. The van der Waals surface area contributed by atoms with Crippen LogP contribution in [0.2, 0.25) is 0 Å². The van der Waals surface area contributed by atoms with Gasteiger partial charge >= 0.3 is 0 Å². The number of methoxy groups -OCH3 is 1. The van der Waals surface area contributed by atoms with Crippen molar-refractivity contribution in [2.45, 2.75) is 12.8 Å². The van der Waals surface area contributed by atoms with E-state index in [-0.39, 0.29) is 17.6 Å². The molecule has 1 aliphatic heterocycles. The number of dihydropyridines is 1. The fourth-order valence-corrected chi connectivity index (χ4v) is 4.93. The Hall–Kier alpha value is -4.48. The fraction of sp³-hybridized carbons (Fsp3) is 0.138. The molecule has 0 bridgehead atoms. The Morgan fingerprint density at radius 1 is 0.946 bits per heavy atom. The van der Waals surface area contributed by atoms with Crippen molar-refractivity contribution in [3.63, 3.8) is 0 Å². The Balaban J connectivity index is 1.60. The third kappa shape index (κ3) is 6.21. The molecule has 3 N–H and O–H groups in total. The standard InChI is InChI=1S/C29H26N4O3S/c1-19-26(28(35)33-22-13-15-23(36-2)16-14-22)27(20-9-5-3-6-10-20)24(17-30)29(31-19)37-18-25(34)32-21-11-7-4-8-12-21/h3-16,27,31H,18H2,1-2H3,(H,32,34)(H,33,35). The van der Waals surface area contributed by atoms with Crippen LogP contribution in [0.5, 0.6) is 5.75 Å². The molecule has 0 aromatic heterocycles. The van der Waals surface area contributed by atoms with Crippen molar-refractivity contribution < 1.29 is 14.3 Å². The Kier molecular flexibility index (Phi) is 8.29. The Bertz CT molecular complexity index is 1380. The quantitative estimate of drug-likeness (QED) is 0.375. The lowest BCUT2D eigenvalue weighted by molar-refractivity contribution is -0.114. The summed E-state index contributed by atoms with van der Waals surface area (Å²) in [5.41, 5.74) is 3.57. The highest BCUT2D eigenvalue weighted by Gasteiger charge is 2.34. The van der Waals surface area contributed by atoms with Crippen molar-refractivity contribution in [3.8, 4) is 11.8 Å². The van der Waals surface area contributed by atoms with Gasteiger partial charge in [0.2, 0.25) is 5.91 Å². The first-order valence-electron chi connectivity index (χ1n) is 11.6. The van der Waals surface area contributed by atoms with Gasteiger partial charge in [-0.05, 0) is 48.9 Å². The maximum Gasteiger partial charge on any atom is 0.254 e. The molecule has 1 atom stereocenters. The number of para-hydroxylation sites is 1. The number of nitrogens with one attached hydrogen (secondary N) is 3. The van der Waals surface area contributed by atoms with Gasteiger partial charge in [-0.15, -0.1) is 0 Å². The largest absolute Gasteiger partial charge is 0.497 e. The van der Waals surface area contributed by atoms with Crippen molar-refractivity contribution >= 4 is 35.0 Å². The molecule has 3 aromatic rings. The maximum absolute atomic E-state index is 13.5. The third-order valence-electron chi connectivity index (χ3n) is 5.78. The van der Waals surface area contributed by atoms with Crippen LogP contribution in [0.3, 0.4) is 0 Å². The van der Waals surface area contributed by atoms with E-state index in [1.165, 1.54) is 11.8 Å². The number of nitriles is 1. The normalized spacial score (nSPS) is 14.9. The van der Waals surface area contributed by atoms with Crippen LogP contribution in [0.1, 0.15) is 18.4 Å². The van der Waals surface area contributed by atoms with Crippen molar-refractivity contribution in [3.05, 3.63) is 112 Å². The van der Waals surface area contributed by atoms with E-state index in [0.29, 0.717) is 39.0 Å². The summed E-state index contributed by atoms with van der Waals surface area (Å²) in [5, 5.41) is 19.7. The Morgan fingerprint density at radius 2 is 1.57 bits per heavy atom. The van der Waals surface area contributed by atoms with Crippen LogP contribution in [0.15, 0.2) is 107 Å². The maximum atomic E-state index is 13.5. The molecule has 0 saturated carbocycles. The number of anilines is 2. The highest BCUT2D eigenvalue weighted by molar-refractivity contribution is 8.03. The first kappa shape index (κ1) is 25.6. The Labute approximate surface area is 220 Å². The zero-order valence-electron chi connectivity index (χ0n) is 20.4. The number of allylic oxidation sites excluding steroid dienone is 2. The summed E-state index contributed by atoms with van der Waals surface area (Å²) in [6.07, 6.45) is 0. The lowest BCUT2D eigenvalue weighted by Crippen LogP contribution is -2.31. The molecule has 0 saturated heterocycles. The number of carbonyl (C=O) groups is 2. The van der Waals surface area contributed by atoms with Crippen LogP contribution >= 0.6 is 11.8 Å². The predicted molar refractivity (Wildman–Crippen MR) is 147 cm³/mol. The molecule has 1 aliphatic rings. The highest BCUT2D eigenvalue weighted by Crippen LogP contribution is 2.41. The third-order valence-corrected chi connectivity index (χ3v) is 6.80. The molecule has 8 heteroatoms. The van der Waals surface area contributed by atoms with Gasteiger partial charge < -0.3 is 20.7 Å². The van der Waals surface area contributed by atoms with E-state index in [2.05, 4.69) is 22.0 Å². The predicted octanol–water partition coefficient (Wildman–Crippen LogP) is 5.40. The molecule has 4 rings (SSSR count). The number of ether oxygens (including phenoxy) is 1. The average molecular weight is 511 g/mol. The molecule has 2 amide bonds. The molecule has 1 unspecified atom stereocenters. The summed E-state index contributed by atoms with van der Waals surface area (Å²) in [4.78, 5) is 26.1. The van der Waals surface area contributed by atoms with Gasteiger partial charge in [0, 0.05) is 22.6 Å². The van der Waals surface area contributed by atoms with Gasteiger partial charge in [-0.2, -0.15) is 5.26 Å². The summed E-state index contributed by atoms with van der Waals surface area (Å²) >= 11 is 1.24. The number of benzene rings is 3. The zero-order chi connectivity index (χ0) is 26.2. The van der Waals surface area contributed by atoms with E-state index in [0.717, 1.165) is 5.56 Å². The number of thioether (sulfide) groups is 1. The average Bonchev–Trinajstić information content (AvgIpc) is 2.92. The van der Waals surface area contributed by atoms with E-state index in [4.69, 9.17) is 4.74 Å². The minimum absolute atomic E-state index is 0.102. The molecule has 0 fully saturated rings. The summed E-state index contributed by atoms with van der Waals surface area (Å²) in [5.74, 6) is -0.316. The Morgan fingerprint density at radius 3 is 2.19 bits per heavy atom. The first-order valence-corrected chi connectivity index (χ1v) is 12.6. The molecule has 0 aliphatic carbocycles. The van der Waals surface area contributed by atoms with Gasteiger partial charge in [-0.3, -0.25) is 9.59 Å². The van der Waals surface area contributed by atoms with E-state index < -0.39 is 5.92 Å². The molecule has 0 spiro atoms. The van der Waals surface area contributed by atoms with Crippen LogP contribution in [0, 0.1) is 11.3 Å². The molecule has 1 heterocycles. The number of rotatable bonds is 8. The number of carbonyl (C=O) groups excluding carboxylic acids is 2. The summed E-state index contributed by atoms with van der Waals surface area (Å²) < 4.78 is 5.19. The number of nitrogens with zero attached hydrogens (tertiary/aromatic N) is 1. The van der Waals surface area contributed by atoms with Gasteiger partial charge in [0.05, 0.1) is 35.5 Å². The fourth-order valence-electron chi connectivity index (χ4n) is 4.04. The number of hydrogen-bond acceptors (Lipinski definition) is 6. The van der Waals surface area contributed by atoms with Crippen LogP contribution in [-0.2, 0) is 9.59 Å². The van der Waals surface area contributed by atoms with Gasteiger partial charge in [0.1, 0.15) is 5.75 Å². The molecular weight excluding hydrogens is 484 g/mol. The van der Waals surface area contributed by atoms with E-state index in [1.54, 1.807) is 38.3 Å². The summed E-state index contributed by atoms with van der Waals surface area (Å²) in [6.45, 7) is 1.80. The van der Waals surface area contributed by atoms with E-state index >= 15 is 0 Å². The topological polar surface area (TPSA) is 103 Å². The minimum Gasteiger partial charge on any atom is -0.497 e. The molecule has 7 nitrogen and oxygen atoms in total. The van der Waals surface area contributed by atoms with Crippen molar-refractivity contribution in [1.82, 2.24) is 5.32 Å². The zero-order valence-corrected chi connectivity index (χ0v) is 21.3. The second-order valence-corrected chi connectivity index (χ2v) is 9.23. The van der Waals surface area contributed by atoms with Crippen LogP contribution in [-0.4, -0.2) is 24.7 Å². The van der Waals surface area contributed by atoms with Crippen LogP contribution < -0.4 is 20.7 Å². The lowest BCUT2D eigenvalue weighted by atomic mass is 9.82. The monoisotopic (exact) mass is 510 g/mol. The highest BCUT2D eigenvalue weighted by atomic mass is 32.2. The van der Waals surface area contributed by atoms with Crippen molar-refractivity contribution in [2.24, 2.45) is 0 Å². The van der Waals surface area contributed by atoms with E-state index in [9.17, 15) is 14.9 Å². The van der Waals surface area contributed by atoms with Gasteiger partial charge in [-0.1, -0.05) is 60.3 Å². The van der Waals surface area contributed by atoms with E-state index in [1.807, 2.05) is 60.7 Å². The summed E-state index contributed by atoms with van der Waals surface area (Å²) in [6, 6.07) is 28.0. The minimum atomic E-state index is -0.592. The van der Waals surface area contributed by atoms with Crippen molar-refractivity contribution in [1.29, 1.82) is 5.26 Å². The second-order valence-electron chi connectivity index (χ2n) is 8.25. The van der Waals surface area contributed by atoms with Gasteiger partial charge in [-0.25, -0.2) is 0 Å².